The summed E-state index contributed by atoms with van der Waals surface area (Å²) in [5, 5.41) is 6.76. The van der Waals surface area contributed by atoms with Crippen LogP contribution in [0.4, 0.5) is 0 Å². The first-order valence-electron chi connectivity index (χ1n) is 25.2. The van der Waals surface area contributed by atoms with Gasteiger partial charge in [-0.3, -0.25) is 0 Å². The Labute approximate surface area is 431 Å². The van der Waals surface area contributed by atoms with Crippen molar-refractivity contribution in [2.24, 2.45) is 0 Å². The highest BCUT2D eigenvalue weighted by Gasteiger charge is 2.19. The maximum atomic E-state index is 6.67. The molecule has 0 amide bonds. The smallest absolute Gasteiger partial charge is 0.164 e. The van der Waals surface area contributed by atoms with Crippen LogP contribution in [-0.4, -0.2) is 19.5 Å². The fraction of sp³-hybridized carbons (Fsp3) is 0. The maximum absolute atomic E-state index is 6.67. The molecule has 6 heteroatoms. The van der Waals surface area contributed by atoms with Gasteiger partial charge in [-0.15, -0.1) is 0 Å². The van der Waals surface area contributed by atoms with Gasteiger partial charge in [-0.2, -0.15) is 0 Å². The topological polar surface area (TPSA) is 69.9 Å². The van der Waals surface area contributed by atoms with Crippen molar-refractivity contribution in [3.8, 4) is 84.4 Å². The van der Waals surface area contributed by atoms with E-state index in [2.05, 4.69) is 199 Å². The fourth-order valence-corrected chi connectivity index (χ4v) is 11.0. The second-order valence-electron chi connectivity index (χ2n) is 19.1. The summed E-state index contributed by atoms with van der Waals surface area (Å²) < 4.78 is 15.6. The van der Waals surface area contributed by atoms with E-state index in [-0.39, 0.29) is 0 Å². The molecule has 4 heterocycles. The van der Waals surface area contributed by atoms with Crippen LogP contribution in [0.1, 0.15) is 0 Å². The summed E-state index contributed by atoms with van der Waals surface area (Å²) in [5.74, 6) is 1.88. The third-order valence-corrected chi connectivity index (χ3v) is 14.7. The molecule has 0 atom stereocenters. The maximum Gasteiger partial charge on any atom is 0.164 e. The minimum absolute atomic E-state index is 0.614. The van der Waals surface area contributed by atoms with Gasteiger partial charge < -0.3 is 13.4 Å². The fourth-order valence-electron chi connectivity index (χ4n) is 11.0. The Hall–Kier alpha value is -10.2. The molecule has 0 saturated heterocycles. The van der Waals surface area contributed by atoms with Crippen LogP contribution in [0.15, 0.2) is 264 Å². The van der Waals surface area contributed by atoms with Crippen molar-refractivity contribution < 1.29 is 8.83 Å². The van der Waals surface area contributed by atoms with E-state index in [0.29, 0.717) is 17.5 Å². The molecule has 0 aliphatic rings. The van der Waals surface area contributed by atoms with E-state index in [4.69, 9.17) is 23.8 Å². The minimum Gasteiger partial charge on any atom is -0.456 e. The Morgan fingerprint density at radius 3 is 1.52 bits per heavy atom. The molecule has 0 saturated carbocycles. The van der Waals surface area contributed by atoms with Gasteiger partial charge in [0.2, 0.25) is 0 Å². The van der Waals surface area contributed by atoms with Crippen LogP contribution in [0, 0.1) is 0 Å². The molecule has 15 aromatic rings. The van der Waals surface area contributed by atoms with E-state index in [1.165, 1.54) is 21.9 Å². The zero-order valence-corrected chi connectivity index (χ0v) is 40.4. The molecule has 15 rings (SSSR count). The largest absolute Gasteiger partial charge is 0.456 e. The van der Waals surface area contributed by atoms with E-state index in [9.17, 15) is 0 Å². The van der Waals surface area contributed by atoms with Crippen LogP contribution in [0.25, 0.3) is 150 Å². The van der Waals surface area contributed by atoms with Crippen LogP contribution in [0.2, 0.25) is 0 Å². The molecule has 0 spiro atoms. The lowest BCUT2D eigenvalue weighted by Gasteiger charge is -2.10. The van der Waals surface area contributed by atoms with Crippen molar-refractivity contribution in [2.75, 3.05) is 0 Å². The van der Waals surface area contributed by atoms with E-state index < -0.39 is 0 Å². The van der Waals surface area contributed by atoms with Gasteiger partial charge in [0.1, 0.15) is 22.3 Å². The third kappa shape index (κ3) is 7.30. The first kappa shape index (κ1) is 42.5. The van der Waals surface area contributed by atoms with Gasteiger partial charge >= 0.3 is 0 Å². The zero-order chi connectivity index (χ0) is 49.4. The molecule has 11 aromatic carbocycles. The minimum atomic E-state index is 0.614. The first-order chi connectivity index (χ1) is 37.1. The number of aromatic nitrogens is 4. The van der Waals surface area contributed by atoms with E-state index >= 15 is 0 Å². The van der Waals surface area contributed by atoms with E-state index in [1.807, 2.05) is 60.7 Å². The average molecular weight is 959 g/mol. The molecule has 0 aliphatic heterocycles. The van der Waals surface area contributed by atoms with Crippen LogP contribution in [0.5, 0.6) is 0 Å². The number of hydrogen-bond acceptors (Lipinski definition) is 5. The number of furan rings is 2. The molecule has 0 fully saturated rings. The molecular weight excluding hydrogens is 917 g/mol. The Balaban J connectivity index is 0.757. The monoisotopic (exact) mass is 958 g/mol. The predicted octanol–water partition coefficient (Wildman–Crippen LogP) is 18.4. The summed E-state index contributed by atoms with van der Waals surface area (Å²) in [7, 11) is 0. The number of benzene rings is 11. The lowest BCUT2D eigenvalue weighted by Crippen LogP contribution is -2.00. The number of rotatable bonds is 8. The highest BCUT2D eigenvalue weighted by atomic mass is 16.3. The molecule has 350 valence electrons. The van der Waals surface area contributed by atoms with Crippen LogP contribution in [0.3, 0.4) is 0 Å². The highest BCUT2D eigenvalue weighted by Crippen LogP contribution is 2.42. The SMILES string of the molecule is c1ccc(-c2ccc3c(c2)c2ccccc2n3-c2ccc3c(c2)oc2ccc(-c4cccc(-c5cccc6oc7cc(-c8cccc(-c9nc(-c%10ccccc%10)nc(-c%10ccccc%10)n9)c8)ccc7c56)c4)cc23)cc1. The van der Waals surface area contributed by atoms with E-state index in [1.54, 1.807) is 0 Å². The lowest BCUT2D eigenvalue weighted by atomic mass is 9.95. The molecule has 0 aliphatic carbocycles. The summed E-state index contributed by atoms with van der Waals surface area (Å²) in [6.45, 7) is 0. The Kier molecular flexibility index (Phi) is 9.78. The van der Waals surface area contributed by atoms with Gasteiger partial charge in [0, 0.05) is 60.8 Å². The van der Waals surface area contributed by atoms with Gasteiger partial charge in [-0.1, -0.05) is 176 Å². The summed E-state index contributed by atoms with van der Waals surface area (Å²) in [4.78, 5) is 14.9. The summed E-state index contributed by atoms with van der Waals surface area (Å²) in [6.07, 6.45) is 0. The zero-order valence-electron chi connectivity index (χ0n) is 40.4. The highest BCUT2D eigenvalue weighted by molar-refractivity contribution is 6.14. The summed E-state index contributed by atoms with van der Waals surface area (Å²) in [5.41, 5.74) is 18.5. The van der Waals surface area contributed by atoms with Crippen LogP contribution >= 0.6 is 0 Å². The Morgan fingerprint density at radius 1 is 0.253 bits per heavy atom. The quantitative estimate of drug-likeness (QED) is 0.152. The van der Waals surface area contributed by atoms with Crippen molar-refractivity contribution in [1.29, 1.82) is 0 Å². The van der Waals surface area contributed by atoms with Crippen molar-refractivity contribution >= 4 is 65.7 Å². The second-order valence-corrected chi connectivity index (χ2v) is 19.1. The second kappa shape index (κ2) is 17.3. The molecular formula is C69H42N4O2. The van der Waals surface area contributed by atoms with Crippen molar-refractivity contribution in [2.45, 2.75) is 0 Å². The molecule has 0 unspecified atom stereocenters. The molecule has 0 radical (unpaired) electrons. The average Bonchev–Trinajstić information content (AvgIpc) is 4.17. The molecule has 6 nitrogen and oxygen atoms in total. The van der Waals surface area contributed by atoms with Gasteiger partial charge in [-0.05, 0) is 117 Å². The summed E-state index contributed by atoms with van der Waals surface area (Å²) >= 11 is 0. The molecule has 0 N–H and O–H groups in total. The van der Waals surface area contributed by atoms with Crippen LogP contribution in [-0.2, 0) is 0 Å². The van der Waals surface area contributed by atoms with Crippen molar-refractivity contribution in [3.63, 3.8) is 0 Å². The van der Waals surface area contributed by atoms with Crippen molar-refractivity contribution in [1.82, 2.24) is 19.5 Å². The predicted molar refractivity (Wildman–Crippen MR) is 307 cm³/mol. The Morgan fingerprint density at radius 2 is 0.760 bits per heavy atom. The summed E-state index contributed by atoms with van der Waals surface area (Å²) in [6, 6.07) is 89.4. The first-order valence-corrected chi connectivity index (χ1v) is 25.2. The van der Waals surface area contributed by atoms with Gasteiger partial charge in [0.15, 0.2) is 17.5 Å². The normalized spacial score (nSPS) is 11.7. The van der Waals surface area contributed by atoms with E-state index in [0.717, 1.165) is 111 Å². The molecule has 0 bridgehead atoms. The number of para-hydroxylation sites is 1. The third-order valence-electron chi connectivity index (χ3n) is 14.7. The van der Waals surface area contributed by atoms with Gasteiger partial charge in [0.25, 0.3) is 0 Å². The Bertz CT molecular complexity index is 4650. The number of hydrogen-bond donors (Lipinski definition) is 0. The molecule has 4 aromatic heterocycles. The number of nitrogens with zero attached hydrogens (tertiary/aromatic N) is 4. The van der Waals surface area contributed by atoms with Crippen LogP contribution < -0.4 is 0 Å². The van der Waals surface area contributed by atoms with Gasteiger partial charge in [0.05, 0.1) is 11.0 Å². The van der Waals surface area contributed by atoms with Gasteiger partial charge in [-0.25, -0.2) is 15.0 Å². The molecule has 75 heavy (non-hydrogen) atoms. The van der Waals surface area contributed by atoms with Crippen molar-refractivity contribution in [3.05, 3.63) is 255 Å². The standard InChI is InChI=1S/C69H42N4O2/c1-4-15-43(16-5-1)48-30-35-61-58(39-48)55-25-10-11-27-60(55)73(61)53-32-34-56-59-40-49(31-36-62(59)74-65(56)42-53)46-21-12-23-51(37-46)54-26-14-28-63-66(54)57-33-29-50(41-64(57)75-63)47-22-13-24-52(38-47)69-71-67(44-17-6-2-7-18-44)70-68(72-69)45-19-8-3-9-20-45/h1-42H. The lowest BCUT2D eigenvalue weighted by molar-refractivity contribution is 0.668. The number of fused-ring (bicyclic) bond motifs is 9.